The van der Waals surface area contributed by atoms with Crippen LogP contribution in [-0.2, 0) is 0 Å². The highest BCUT2D eigenvalue weighted by Crippen LogP contribution is 2.18. The van der Waals surface area contributed by atoms with Gasteiger partial charge in [-0.05, 0) is 29.8 Å². The molecule has 3 rings (SSSR count). The Morgan fingerprint density at radius 3 is 2.84 bits per heavy atom. The molecular formula is C15H10N4. The molecule has 4 heteroatoms. The van der Waals surface area contributed by atoms with Gasteiger partial charge in [-0.1, -0.05) is 18.2 Å². The van der Waals surface area contributed by atoms with E-state index in [4.69, 9.17) is 0 Å². The topological polar surface area (TPSA) is 65.4 Å². The van der Waals surface area contributed by atoms with Gasteiger partial charge in [0.25, 0.3) is 0 Å². The molecule has 2 aromatic heterocycles. The minimum absolute atomic E-state index is 0.490. The number of aromatic nitrogens is 3. The van der Waals surface area contributed by atoms with Crippen molar-refractivity contribution in [2.75, 3.05) is 0 Å². The van der Waals surface area contributed by atoms with Crippen LogP contribution in [0.3, 0.4) is 0 Å². The smallest absolute Gasteiger partial charge is 0.149 e. The summed E-state index contributed by atoms with van der Waals surface area (Å²) in [4.78, 5) is 11.6. The van der Waals surface area contributed by atoms with Crippen molar-refractivity contribution >= 4 is 22.7 Å². The summed E-state index contributed by atoms with van der Waals surface area (Å²) < 4.78 is 0. The van der Waals surface area contributed by atoms with E-state index in [0.29, 0.717) is 11.4 Å². The molecule has 0 aliphatic carbocycles. The molecule has 0 aliphatic heterocycles. The summed E-state index contributed by atoms with van der Waals surface area (Å²) in [5.41, 5.74) is 3.14. The predicted molar refractivity (Wildman–Crippen MR) is 73.8 cm³/mol. The highest BCUT2D eigenvalue weighted by atomic mass is 14.9. The number of hydrogen-bond donors (Lipinski definition) is 1. The number of imidazole rings is 1. The van der Waals surface area contributed by atoms with Crippen LogP contribution in [0.15, 0.2) is 48.8 Å². The molecule has 0 unspecified atom stereocenters. The number of rotatable bonds is 2. The Morgan fingerprint density at radius 2 is 2.11 bits per heavy atom. The maximum Gasteiger partial charge on any atom is 0.149 e. The Bertz CT molecular complexity index is 746. The van der Waals surface area contributed by atoms with Crippen molar-refractivity contribution in [3.63, 3.8) is 0 Å². The molecule has 4 nitrogen and oxygen atoms in total. The summed E-state index contributed by atoms with van der Waals surface area (Å²) >= 11 is 0. The zero-order chi connectivity index (χ0) is 13.1. The van der Waals surface area contributed by atoms with Gasteiger partial charge in [0.1, 0.15) is 11.9 Å². The van der Waals surface area contributed by atoms with Gasteiger partial charge in [0.2, 0.25) is 0 Å². The zero-order valence-electron chi connectivity index (χ0n) is 10.0. The van der Waals surface area contributed by atoms with E-state index in [1.54, 1.807) is 18.5 Å². The van der Waals surface area contributed by atoms with Crippen LogP contribution in [0.4, 0.5) is 0 Å². The molecule has 0 spiro atoms. The van der Waals surface area contributed by atoms with Gasteiger partial charge in [-0.25, -0.2) is 4.98 Å². The number of nitrogens with one attached hydrogen (secondary N) is 1. The first-order valence-electron chi connectivity index (χ1n) is 5.84. The Balaban J connectivity index is 2.08. The summed E-state index contributed by atoms with van der Waals surface area (Å²) in [5.74, 6) is 0.576. The Labute approximate surface area is 110 Å². The van der Waals surface area contributed by atoms with E-state index in [-0.39, 0.29) is 0 Å². The molecule has 90 valence electrons. The largest absolute Gasteiger partial charge is 0.337 e. The van der Waals surface area contributed by atoms with Crippen LogP contribution in [0.5, 0.6) is 0 Å². The maximum absolute atomic E-state index is 9.27. The molecule has 0 fully saturated rings. The second-order valence-corrected chi connectivity index (χ2v) is 4.06. The first-order valence-corrected chi connectivity index (χ1v) is 5.84. The fourth-order valence-electron chi connectivity index (χ4n) is 1.86. The number of para-hydroxylation sites is 2. The standard InChI is InChI=1S/C15H10N4/c16-9-12(8-11-4-3-7-17-10-11)15-18-13-5-1-2-6-14(13)19-15/h1-8,10H,(H,18,19)/b12-8+. The molecule has 0 aliphatic rings. The van der Waals surface area contributed by atoms with Gasteiger partial charge >= 0.3 is 0 Å². The van der Waals surface area contributed by atoms with Gasteiger partial charge in [-0.15, -0.1) is 0 Å². The maximum atomic E-state index is 9.27. The molecule has 3 aromatic rings. The summed E-state index contributed by atoms with van der Waals surface area (Å²) in [6.07, 6.45) is 5.18. The summed E-state index contributed by atoms with van der Waals surface area (Å²) in [6, 6.07) is 13.6. The molecule has 1 aromatic carbocycles. The van der Waals surface area contributed by atoms with Gasteiger partial charge in [0.15, 0.2) is 0 Å². The molecule has 0 radical (unpaired) electrons. The van der Waals surface area contributed by atoms with Crippen molar-refractivity contribution in [3.8, 4) is 6.07 Å². The molecule has 0 saturated heterocycles. The number of nitriles is 1. The number of pyridine rings is 1. The number of hydrogen-bond acceptors (Lipinski definition) is 3. The predicted octanol–water partition coefficient (Wildman–Crippen LogP) is 3.02. The monoisotopic (exact) mass is 246 g/mol. The number of nitrogens with zero attached hydrogens (tertiary/aromatic N) is 3. The van der Waals surface area contributed by atoms with E-state index in [0.717, 1.165) is 16.6 Å². The first-order chi connectivity index (χ1) is 9.36. The van der Waals surface area contributed by atoms with Crippen LogP contribution >= 0.6 is 0 Å². The number of H-pyrrole nitrogens is 1. The normalized spacial score (nSPS) is 11.4. The molecular weight excluding hydrogens is 236 g/mol. The second-order valence-electron chi connectivity index (χ2n) is 4.06. The molecule has 0 amide bonds. The number of aromatic amines is 1. The van der Waals surface area contributed by atoms with E-state index in [2.05, 4.69) is 21.0 Å². The molecule has 1 N–H and O–H groups in total. The third-order valence-electron chi connectivity index (χ3n) is 2.76. The van der Waals surface area contributed by atoms with E-state index in [1.165, 1.54) is 0 Å². The van der Waals surface area contributed by atoms with Gasteiger partial charge in [0.05, 0.1) is 16.6 Å². The number of benzene rings is 1. The quantitative estimate of drug-likeness (QED) is 0.707. The van der Waals surface area contributed by atoms with Crippen molar-refractivity contribution in [1.29, 1.82) is 5.26 Å². The molecule has 0 saturated carbocycles. The van der Waals surface area contributed by atoms with Gasteiger partial charge in [-0.2, -0.15) is 5.26 Å². The van der Waals surface area contributed by atoms with E-state index < -0.39 is 0 Å². The van der Waals surface area contributed by atoms with Crippen molar-refractivity contribution in [2.24, 2.45) is 0 Å². The lowest BCUT2D eigenvalue weighted by atomic mass is 10.2. The van der Waals surface area contributed by atoms with Gasteiger partial charge in [0, 0.05) is 12.4 Å². The van der Waals surface area contributed by atoms with Crippen molar-refractivity contribution in [3.05, 3.63) is 60.2 Å². The van der Waals surface area contributed by atoms with E-state index in [9.17, 15) is 5.26 Å². The van der Waals surface area contributed by atoms with Gasteiger partial charge in [-0.3, -0.25) is 4.98 Å². The van der Waals surface area contributed by atoms with Crippen LogP contribution in [-0.4, -0.2) is 15.0 Å². The highest BCUT2D eigenvalue weighted by molar-refractivity contribution is 5.90. The second kappa shape index (κ2) is 4.75. The SMILES string of the molecule is N#C/C(=C\c1cccnc1)c1nc2ccccc2[nH]1. The lowest BCUT2D eigenvalue weighted by molar-refractivity contribution is 1.27. The fraction of sp³-hybridized carbons (Fsp3) is 0. The molecule has 0 bridgehead atoms. The minimum atomic E-state index is 0.490. The van der Waals surface area contributed by atoms with Crippen LogP contribution in [0, 0.1) is 11.3 Å². The minimum Gasteiger partial charge on any atom is -0.337 e. The summed E-state index contributed by atoms with van der Waals surface area (Å²) in [6.45, 7) is 0. The average molecular weight is 246 g/mol. The summed E-state index contributed by atoms with van der Waals surface area (Å²) in [7, 11) is 0. The molecule has 0 atom stereocenters. The Hall–Kier alpha value is -2.93. The fourth-order valence-corrected chi connectivity index (χ4v) is 1.86. The Morgan fingerprint density at radius 1 is 1.21 bits per heavy atom. The van der Waals surface area contributed by atoms with Crippen molar-refractivity contribution in [1.82, 2.24) is 15.0 Å². The lowest BCUT2D eigenvalue weighted by Gasteiger charge is -1.94. The summed E-state index contributed by atoms with van der Waals surface area (Å²) in [5, 5.41) is 9.27. The highest BCUT2D eigenvalue weighted by Gasteiger charge is 2.07. The molecule has 19 heavy (non-hydrogen) atoms. The Kier molecular flexibility index (Phi) is 2.79. The van der Waals surface area contributed by atoms with E-state index in [1.807, 2.05) is 36.4 Å². The van der Waals surface area contributed by atoms with E-state index >= 15 is 0 Å². The third kappa shape index (κ3) is 2.22. The van der Waals surface area contributed by atoms with Crippen LogP contribution in [0.1, 0.15) is 11.4 Å². The van der Waals surface area contributed by atoms with Crippen molar-refractivity contribution < 1.29 is 0 Å². The lowest BCUT2D eigenvalue weighted by Crippen LogP contribution is -1.85. The first kappa shape index (κ1) is 11.2. The van der Waals surface area contributed by atoms with Crippen LogP contribution in [0.25, 0.3) is 22.7 Å². The zero-order valence-corrected chi connectivity index (χ0v) is 10.0. The molecule has 2 heterocycles. The third-order valence-corrected chi connectivity index (χ3v) is 2.76. The van der Waals surface area contributed by atoms with Crippen LogP contribution < -0.4 is 0 Å². The number of fused-ring (bicyclic) bond motifs is 1. The number of allylic oxidation sites excluding steroid dienone is 1. The van der Waals surface area contributed by atoms with Crippen molar-refractivity contribution in [2.45, 2.75) is 0 Å². The van der Waals surface area contributed by atoms with Gasteiger partial charge < -0.3 is 4.98 Å². The van der Waals surface area contributed by atoms with Crippen LogP contribution in [0.2, 0.25) is 0 Å². The average Bonchev–Trinajstić information content (AvgIpc) is 2.89.